The summed E-state index contributed by atoms with van der Waals surface area (Å²) >= 11 is 122. The molecule has 0 atom stereocenters. The van der Waals surface area contributed by atoms with Crippen LogP contribution in [0.25, 0.3) is 22.3 Å². The molecule has 4 rings (SSSR count). The average Bonchev–Trinajstić information content (AvgIpc) is 3.05. The van der Waals surface area contributed by atoms with E-state index in [2.05, 4.69) is 0 Å². The van der Waals surface area contributed by atoms with Gasteiger partial charge in [-0.3, -0.25) is 0 Å². The van der Waals surface area contributed by atoms with E-state index in [1.165, 1.54) is 0 Å². The molecule has 0 fully saturated rings. The lowest BCUT2D eigenvalue weighted by molar-refractivity contribution is -0.0979. The first-order chi connectivity index (χ1) is 21.2. The molecule has 0 radical (unpaired) electrons. The van der Waals surface area contributed by atoms with Crippen molar-refractivity contribution in [3.8, 4) is 22.3 Å². The summed E-state index contributed by atoms with van der Waals surface area (Å²) in [6.07, 6.45) is 0. The quantitative estimate of drug-likeness (QED) is 0.144. The Morgan fingerprint density at radius 3 is 0.326 bits per heavy atom. The first kappa shape index (κ1) is 44.5. The first-order valence-electron chi connectivity index (χ1n) is 10.6. The summed E-state index contributed by atoms with van der Waals surface area (Å²) in [4.78, 5) is 8.00. The number of hydrogen-bond donors (Lipinski definition) is 0. The molecule has 0 saturated carbocycles. The SMILES string of the molecule is C=O.Clc1c(Cl)c(Cl)c(-c2c(Cl)c(Cl)c(Cl)c(Cl)c2Cl)c(Cl)c1Cl.Clc1c(Cl)c(Cl)c(-c2c(Cl)c(Cl)c(Cl)c(Cl)c2Cl)c(Cl)c1Cl. The Morgan fingerprint density at radius 2 is 0.239 bits per heavy atom. The van der Waals surface area contributed by atoms with Crippen molar-refractivity contribution < 1.29 is 4.79 Å². The van der Waals surface area contributed by atoms with E-state index < -0.39 is 0 Å². The molecule has 0 amide bonds. The number of halogens is 20. The number of rotatable bonds is 2. The van der Waals surface area contributed by atoms with E-state index in [-0.39, 0.29) is 123 Å². The van der Waals surface area contributed by atoms with Gasteiger partial charge >= 0.3 is 0 Å². The van der Waals surface area contributed by atoms with Gasteiger partial charge in [-0.25, -0.2) is 0 Å². The zero-order chi connectivity index (χ0) is 35.9. The number of carbonyl (C=O) groups excluding carboxylic acids is 1. The van der Waals surface area contributed by atoms with Gasteiger partial charge in [-0.2, -0.15) is 0 Å². The van der Waals surface area contributed by atoms with E-state index in [9.17, 15) is 0 Å². The molecule has 0 aromatic heterocycles. The van der Waals surface area contributed by atoms with Crippen molar-refractivity contribution in [1.29, 1.82) is 0 Å². The Morgan fingerprint density at radius 1 is 0.174 bits per heavy atom. The predicted octanol–water partition coefficient (Wildman–Crippen LogP) is 19.6. The van der Waals surface area contributed by atoms with Gasteiger partial charge in [-0.05, 0) is 0 Å². The van der Waals surface area contributed by atoms with Gasteiger partial charge in [-0.15, -0.1) is 0 Å². The second-order valence-electron chi connectivity index (χ2n) is 7.78. The predicted molar refractivity (Wildman–Crippen MR) is 211 cm³/mol. The molecule has 0 bridgehead atoms. The molecule has 46 heavy (non-hydrogen) atoms. The molecule has 0 spiro atoms. The van der Waals surface area contributed by atoms with Crippen molar-refractivity contribution in [2.24, 2.45) is 0 Å². The van der Waals surface area contributed by atoms with Gasteiger partial charge in [0.1, 0.15) is 6.79 Å². The second-order valence-corrected chi connectivity index (χ2v) is 15.3. The fraction of sp³-hybridized carbons (Fsp3) is 0. The number of hydrogen-bond acceptors (Lipinski definition) is 1. The molecule has 1 nitrogen and oxygen atoms in total. The normalized spacial score (nSPS) is 10.8. The lowest BCUT2D eigenvalue weighted by atomic mass is 10.0. The Balaban J connectivity index is 0.000000304. The minimum Gasteiger partial charge on any atom is -0.307 e. The molecule has 0 heterocycles. The van der Waals surface area contributed by atoms with Gasteiger partial charge in [0, 0.05) is 22.3 Å². The summed E-state index contributed by atoms with van der Waals surface area (Å²) in [5.41, 5.74) is 0.604. The van der Waals surface area contributed by atoms with Crippen molar-refractivity contribution in [2.45, 2.75) is 0 Å². The third-order valence-electron chi connectivity index (χ3n) is 5.34. The maximum absolute atomic E-state index is 8.00. The third kappa shape index (κ3) is 8.43. The summed E-state index contributed by atoms with van der Waals surface area (Å²) in [6.45, 7) is 2.00. The Hall–Kier alpha value is 2.35. The molecular weight excluding hydrogens is 1030 g/mol. The van der Waals surface area contributed by atoms with Crippen LogP contribution in [0.15, 0.2) is 0 Å². The molecule has 0 N–H and O–H groups in total. The topological polar surface area (TPSA) is 17.1 Å². The van der Waals surface area contributed by atoms with E-state index in [1.54, 1.807) is 0 Å². The van der Waals surface area contributed by atoms with Crippen molar-refractivity contribution in [3.05, 3.63) is 100 Å². The minimum absolute atomic E-state index is 0.000450. The maximum atomic E-state index is 8.00. The van der Waals surface area contributed by atoms with Crippen LogP contribution in [0, 0.1) is 0 Å². The van der Waals surface area contributed by atoms with Crippen molar-refractivity contribution in [2.75, 3.05) is 0 Å². The molecule has 0 unspecified atom stereocenters. The lowest BCUT2D eigenvalue weighted by Crippen LogP contribution is -1.91. The van der Waals surface area contributed by atoms with Crippen molar-refractivity contribution in [3.63, 3.8) is 0 Å². The number of carbonyl (C=O) groups is 1. The monoisotopic (exact) mass is 1020 g/mol. The van der Waals surface area contributed by atoms with Gasteiger partial charge in [0.05, 0.1) is 100 Å². The van der Waals surface area contributed by atoms with Crippen LogP contribution in [0.2, 0.25) is 100 Å². The van der Waals surface area contributed by atoms with E-state index in [1.807, 2.05) is 6.79 Å². The zero-order valence-corrected chi connectivity index (χ0v) is 35.8. The standard InChI is InChI=1S/2C12Cl10.CH2O/c2*13-3-1(4(14)8(18)11(21)7(3)17)2-5(15)9(19)12(22)10(20)6(2)16;1-2/h;;1H2. The van der Waals surface area contributed by atoms with E-state index in [4.69, 9.17) is 237 Å². The average molecular weight is 1030 g/mol. The van der Waals surface area contributed by atoms with E-state index in [0.29, 0.717) is 0 Å². The summed E-state index contributed by atoms with van der Waals surface area (Å²) in [7, 11) is 0. The van der Waals surface area contributed by atoms with Crippen molar-refractivity contribution >= 4 is 239 Å². The largest absolute Gasteiger partial charge is 0.307 e. The lowest BCUT2D eigenvalue weighted by Gasteiger charge is -2.17. The Kier molecular flexibility index (Phi) is 17.8. The fourth-order valence-corrected chi connectivity index (χ4v) is 8.61. The molecule has 21 heteroatoms. The van der Waals surface area contributed by atoms with Crippen LogP contribution in [0.1, 0.15) is 0 Å². The van der Waals surface area contributed by atoms with Crippen LogP contribution in [0.4, 0.5) is 0 Å². The Bertz CT molecular complexity index is 1500. The van der Waals surface area contributed by atoms with E-state index >= 15 is 0 Å². The fourth-order valence-electron chi connectivity index (χ4n) is 3.30. The summed E-state index contributed by atoms with van der Waals surface area (Å²) in [5, 5.41) is -0.0991. The van der Waals surface area contributed by atoms with Crippen LogP contribution in [0.3, 0.4) is 0 Å². The molecule has 4 aromatic carbocycles. The van der Waals surface area contributed by atoms with Crippen molar-refractivity contribution in [1.82, 2.24) is 0 Å². The van der Waals surface area contributed by atoms with Crippen LogP contribution in [-0.4, -0.2) is 6.79 Å². The zero-order valence-electron chi connectivity index (χ0n) is 20.7. The van der Waals surface area contributed by atoms with Crippen LogP contribution < -0.4 is 0 Å². The first-order valence-corrected chi connectivity index (χ1v) is 18.1. The maximum Gasteiger partial charge on any atom is 0.106 e. The highest BCUT2D eigenvalue weighted by Gasteiger charge is 2.29. The van der Waals surface area contributed by atoms with E-state index in [0.717, 1.165) is 0 Å². The molecule has 0 saturated heterocycles. The van der Waals surface area contributed by atoms with Gasteiger partial charge < -0.3 is 4.79 Å². The van der Waals surface area contributed by atoms with Gasteiger partial charge in [-0.1, -0.05) is 232 Å². The van der Waals surface area contributed by atoms with Crippen LogP contribution in [0.5, 0.6) is 0 Å². The number of benzene rings is 4. The van der Waals surface area contributed by atoms with Crippen LogP contribution >= 0.6 is 232 Å². The molecule has 4 aromatic rings. The molecule has 248 valence electrons. The highest BCUT2D eigenvalue weighted by molar-refractivity contribution is 6.62. The highest BCUT2D eigenvalue weighted by atomic mass is 35.5. The summed E-state index contributed by atoms with van der Waals surface area (Å²) in [5.74, 6) is 0. The summed E-state index contributed by atoms with van der Waals surface area (Å²) in [6, 6.07) is 0. The smallest absolute Gasteiger partial charge is 0.106 e. The molecule has 0 aliphatic carbocycles. The molecule has 0 aliphatic heterocycles. The molecule has 0 aliphatic rings. The van der Waals surface area contributed by atoms with Gasteiger partial charge in [0.25, 0.3) is 0 Å². The minimum atomic E-state index is -0.0120. The second kappa shape index (κ2) is 18.4. The van der Waals surface area contributed by atoms with Gasteiger partial charge in [0.2, 0.25) is 0 Å². The van der Waals surface area contributed by atoms with Crippen LogP contribution in [-0.2, 0) is 4.79 Å². The van der Waals surface area contributed by atoms with Gasteiger partial charge in [0.15, 0.2) is 0 Å². The highest BCUT2D eigenvalue weighted by Crippen LogP contribution is 2.57. The summed E-state index contributed by atoms with van der Waals surface area (Å²) < 4.78 is 0. The molecular formula is C25H2Cl20O. The Labute approximate surface area is 361 Å². The third-order valence-corrected chi connectivity index (χ3v) is 14.4.